The molecule has 2 N–H and O–H groups in total. The van der Waals surface area contributed by atoms with Gasteiger partial charge < -0.3 is 10.6 Å². The maximum absolute atomic E-state index is 4.68. The van der Waals surface area contributed by atoms with Crippen molar-refractivity contribution in [2.24, 2.45) is 11.8 Å². The summed E-state index contributed by atoms with van der Waals surface area (Å²) in [6, 6.07) is 12.3. The Morgan fingerprint density at radius 1 is 0.833 bits per heavy atom. The monoisotopic (exact) mass is 326 g/mol. The molecule has 0 saturated carbocycles. The number of hydrogen-bond acceptors (Lipinski definition) is 4. The van der Waals surface area contributed by atoms with Crippen LogP contribution in [0.5, 0.6) is 0 Å². The van der Waals surface area contributed by atoms with E-state index >= 15 is 0 Å². The molecule has 0 fully saturated rings. The number of benzene rings is 1. The highest BCUT2D eigenvalue weighted by molar-refractivity contribution is 5.64. The molecule has 1 aromatic heterocycles. The largest absolute Gasteiger partial charge is 0.370 e. The van der Waals surface area contributed by atoms with E-state index in [1.807, 2.05) is 24.3 Å². The topological polar surface area (TPSA) is 49.8 Å². The van der Waals surface area contributed by atoms with Crippen molar-refractivity contribution in [2.75, 3.05) is 23.7 Å². The van der Waals surface area contributed by atoms with Gasteiger partial charge in [-0.1, -0.05) is 58.0 Å². The Morgan fingerprint density at radius 3 is 2.08 bits per heavy atom. The summed E-state index contributed by atoms with van der Waals surface area (Å²) < 4.78 is 0. The molecule has 0 radical (unpaired) electrons. The van der Waals surface area contributed by atoms with E-state index in [9.17, 15) is 0 Å². The van der Waals surface area contributed by atoms with Crippen LogP contribution in [0, 0.1) is 11.8 Å². The molecule has 1 heterocycles. The second-order valence-electron chi connectivity index (χ2n) is 7.05. The molecule has 0 saturated heterocycles. The van der Waals surface area contributed by atoms with E-state index in [0.717, 1.165) is 43.0 Å². The Bertz CT molecular complexity index is 576. The standard InChI is InChI=1S/C20H30N4/c1-15(2)10-12-21-19-14-18(17-8-6-5-7-9-17)23-20(24-19)22-13-11-16(3)4/h5-9,14-16H,10-13H2,1-4H3,(H2,21,22,23,24). The molecule has 130 valence electrons. The van der Waals surface area contributed by atoms with Gasteiger partial charge in [0.15, 0.2) is 0 Å². The third kappa shape index (κ3) is 6.19. The lowest BCUT2D eigenvalue weighted by Gasteiger charge is -2.13. The van der Waals surface area contributed by atoms with Crippen LogP contribution in [0.4, 0.5) is 11.8 Å². The molecule has 0 amide bonds. The van der Waals surface area contributed by atoms with Gasteiger partial charge in [-0.05, 0) is 24.7 Å². The first-order valence-corrected chi connectivity index (χ1v) is 8.97. The molecule has 4 nitrogen and oxygen atoms in total. The second-order valence-corrected chi connectivity index (χ2v) is 7.05. The summed E-state index contributed by atoms with van der Waals surface area (Å²) in [5.41, 5.74) is 2.06. The minimum Gasteiger partial charge on any atom is -0.370 e. The normalized spacial score (nSPS) is 11.1. The number of anilines is 2. The van der Waals surface area contributed by atoms with Gasteiger partial charge in [-0.15, -0.1) is 0 Å². The quantitative estimate of drug-likeness (QED) is 0.676. The van der Waals surface area contributed by atoms with Crippen LogP contribution in [0.25, 0.3) is 11.3 Å². The lowest BCUT2D eigenvalue weighted by Crippen LogP contribution is -2.11. The Hall–Kier alpha value is -2.10. The Kier molecular flexibility index (Phi) is 7.04. The first kappa shape index (κ1) is 18.2. The van der Waals surface area contributed by atoms with Gasteiger partial charge in [0, 0.05) is 24.7 Å². The summed E-state index contributed by atoms with van der Waals surface area (Å²) in [5, 5.41) is 6.80. The molecule has 0 aliphatic rings. The van der Waals surface area contributed by atoms with Crippen LogP contribution in [-0.4, -0.2) is 23.1 Å². The summed E-state index contributed by atoms with van der Waals surface area (Å²) in [7, 11) is 0. The molecule has 1 aromatic carbocycles. The molecular weight excluding hydrogens is 296 g/mol. The third-order valence-corrected chi connectivity index (χ3v) is 3.83. The SMILES string of the molecule is CC(C)CCNc1cc(-c2ccccc2)nc(NCCC(C)C)n1. The van der Waals surface area contributed by atoms with Crippen molar-refractivity contribution in [2.45, 2.75) is 40.5 Å². The summed E-state index contributed by atoms with van der Waals surface area (Å²) >= 11 is 0. The van der Waals surface area contributed by atoms with Gasteiger partial charge in [-0.25, -0.2) is 4.98 Å². The van der Waals surface area contributed by atoms with Gasteiger partial charge in [0.2, 0.25) is 5.95 Å². The molecule has 0 bridgehead atoms. The number of hydrogen-bond donors (Lipinski definition) is 2. The summed E-state index contributed by atoms with van der Waals surface area (Å²) in [6.07, 6.45) is 2.23. The number of nitrogens with zero attached hydrogens (tertiary/aromatic N) is 2. The third-order valence-electron chi connectivity index (χ3n) is 3.83. The fourth-order valence-corrected chi connectivity index (χ4v) is 2.34. The van der Waals surface area contributed by atoms with Crippen LogP contribution in [0.15, 0.2) is 36.4 Å². The molecule has 2 rings (SSSR count). The van der Waals surface area contributed by atoms with Gasteiger partial charge in [-0.3, -0.25) is 0 Å². The zero-order valence-electron chi connectivity index (χ0n) is 15.3. The summed E-state index contributed by atoms with van der Waals surface area (Å²) in [6.45, 7) is 10.7. The van der Waals surface area contributed by atoms with Crippen LogP contribution in [0.1, 0.15) is 40.5 Å². The highest BCUT2D eigenvalue weighted by Crippen LogP contribution is 2.21. The van der Waals surface area contributed by atoms with Crippen LogP contribution >= 0.6 is 0 Å². The van der Waals surface area contributed by atoms with Gasteiger partial charge in [0.25, 0.3) is 0 Å². The van der Waals surface area contributed by atoms with Crippen molar-refractivity contribution >= 4 is 11.8 Å². The average Bonchev–Trinajstić information content (AvgIpc) is 2.55. The van der Waals surface area contributed by atoms with E-state index < -0.39 is 0 Å². The molecule has 4 heteroatoms. The van der Waals surface area contributed by atoms with E-state index in [-0.39, 0.29) is 0 Å². The van der Waals surface area contributed by atoms with Crippen LogP contribution in [0.2, 0.25) is 0 Å². The lowest BCUT2D eigenvalue weighted by molar-refractivity contribution is 0.605. The first-order chi connectivity index (χ1) is 11.5. The van der Waals surface area contributed by atoms with Crippen molar-refractivity contribution in [3.8, 4) is 11.3 Å². The predicted molar refractivity (Wildman–Crippen MR) is 103 cm³/mol. The number of aromatic nitrogens is 2. The van der Waals surface area contributed by atoms with Gasteiger partial charge in [0.05, 0.1) is 5.69 Å². The summed E-state index contributed by atoms with van der Waals surface area (Å²) in [4.78, 5) is 9.30. The first-order valence-electron chi connectivity index (χ1n) is 8.97. The average molecular weight is 326 g/mol. The fourth-order valence-electron chi connectivity index (χ4n) is 2.34. The van der Waals surface area contributed by atoms with Crippen molar-refractivity contribution in [1.29, 1.82) is 0 Å². The van der Waals surface area contributed by atoms with E-state index in [0.29, 0.717) is 17.8 Å². The van der Waals surface area contributed by atoms with E-state index in [2.05, 4.69) is 60.4 Å². The Balaban J connectivity index is 2.16. The second kappa shape index (κ2) is 9.26. The Labute approximate surface area is 146 Å². The maximum atomic E-state index is 4.68. The molecule has 24 heavy (non-hydrogen) atoms. The lowest BCUT2D eigenvalue weighted by atomic mass is 10.1. The minimum atomic E-state index is 0.665. The summed E-state index contributed by atoms with van der Waals surface area (Å²) in [5.74, 6) is 2.93. The number of rotatable bonds is 9. The van der Waals surface area contributed by atoms with Gasteiger partial charge in [0.1, 0.15) is 5.82 Å². The van der Waals surface area contributed by atoms with Crippen LogP contribution in [0.3, 0.4) is 0 Å². The highest BCUT2D eigenvalue weighted by Gasteiger charge is 2.07. The van der Waals surface area contributed by atoms with E-state index in [1.54, 1.807) is 0 Å². The molecule has 0 aliphatic carbocycles. The molecule has 0 unspecified atom stereocenters. The molecule has 0 spiro atoms. The number of nitrogens with one attached hydrogen (secondary N) is 2. The van der Waals surface area contributed by atoms with Crippen LogP contribution < -0.4 is 10.6 Å². The molecule has 0 atom stereocenters. The molecule has 2 aromatic rings. The van der Waals surface area contributed by atoms with E-state index in [4.69, 9.17) is 0 Å². The fraction of sp³-hybridized carbons (Fsp3) is 0.500. The Morgan fingerprint density at radius 2 is 1.46 bits per heavy atom. The van der Waals surface area contributed by atoms with Crippen LogP contribution in [-0.2, 0) is 0 Å². The van der Waals surface area contributed by atoms with Crippen molar-refractivity contribution in [3.05, 3.63) is 36.4 Å². The smallest absolute Gasteiger partial charge is 0.225 e. The molecular formula is C20H30N4. The highest BCUT2D eigenvalue weighted by atomic mass is 15.1. The zero-order chi connectivity index (χ0) is 17.4. The minimum absolute atomic E-state index is 0.665. The zero-order valence-corrected chi connectivity index (χ0v) is 15.3. The van der Waals surface area contributed by atoms with Crippen molar-refractivity contribution in [1.82, 2.24) is 9.97 Å². The maximum Gasteiger partial charge on any atom is 0.225 e. The predicted octanol–water partition coefficient (Wildman–Crippen LogP) is 5.06. The van der Waals surface area contributed by atoms with Gasteiger partial charge in [-0.2, -0.15) is 4.98 Å². The van der Waals surface area contributed by atoms with Crippen molar-refractivity contribution in [3.63, 3.8) is 0 Å². The molecule has 0 aliphatic heterocycles. The van der Waals surface area contributed by atoms with E-state index in [1.165, 1.54) is 0 Å². The van der Waals surface area contributed by atoms with Gasteiger partial charge >= 0.3 is 0 Å². The van der Waals surface area contributed by atoms with Crippen molar-refractivity contribution < 1.29 is 0 Å².